The second-order valence-electron chi connectivity index (χ2n) is 6.26. The molecule has 5 heteroatoms. The normalized spacial score (nSPS) is 26.0. The second-order valence-corrected chi connectivity index (χ2v) is 6.26. The smallest absolute Gasteiger partial charge is 0.0594 e. The van der Waals surface area contributed by atoms with Gasteiger partial charge in [0.2, 0.25) is 0 Å². The summed E-state index contributed by atoms with van der Waals surface area (Å²) < 4.78 is 11.1. The summed E-state index contributed by atoms with van der Waals surface area (Å²) in [5.74, 6) is 0.631. The lowest BCUT2D eigenvalue weighted by Crippen LogP contribution is -2.51. The average molecular weight is 305 g/mol. The van der Waals surface area contributed by atoms with E-state index in [1.165, 1.54) is 12.0 Å². The Kier molecular flexibility index (Phi) is 5.78. The van der Waals surface area contributed by atoms with E-state index in [1.54, 1.807) is 0 Å². The maximum Gasteiger partial charge on any atom is 0.0594 e. The lowest BCUT2D eigenvalue weighted by atomic mass is 9.96. The van der Waals surface area contributed by atoms with Crippen molar-refractivity contribution in [2.45, 2.75) is 25.4 Å². The van der Waals surface area contributed by atoms with Gasteiger partial charge in [0, 0.05) is 56.6 Å². The molecule has 0 aliphatic carbocycles. The van der Waals surface area contributed by atoms with Gasteiger partial charge in [-0.1, -0.05) is 6.07 Å². The van der Waals surface area contributed by atoms with E-state index in [-0.39, 0.29) is 0 Å². The molecule has 122 valence electrons. The molecular weight excluding hydrogens is 278 g/mol. The molecular formula is C17H27N3O2. The minimum absolute atomic E-state index is 0.319. The lowest BCUT2D eigenvalue weighted by Gasteiger charge is -2.38. The molecule has 1 aromatic heterocycles. The van der Waals surface area contributed by atoms with Crippen LogP contribution in [0.4, 0.5) is 0 Å². The minimum Gasteiger partial charge on any atom is -0.381 e. The van der Waals surface area contributed by atoms with Crippen LogP contribution in [0.5, 0.6) is 0 Å². The first-order valence-corrected chi connectivity index (χ1v) is 8.37. The topological polar surface area (TPSA) is 46.6 Å². The van der Waals surface area contributed by atoms with E-state index < -0.39 is 0 Å². The van der Waals surface area contributed by atoms with Gasteiger partial charge in [-0.05, 0) is 25.0 Å². The highest BCUT2D eigenvalue weighted by Gasteiger charge is 2.31. The van der Waals surface area contributed by atoms with Crippen LogP contribution in [0.1, 0.15) is 24.9 Å². The molecule has 0 saturated carbocycles. The van der Waals surface area contributed by atoms with Crippen LogP contribution in [-0.4, -0.2) is 62.0 Å². The summed E-state index contributed by atoms with van der Waals surface area (Å²) >= 11 is 0. The molecule has 0 bridgehead atoms. The van der Waals surface area contributed by atoms with Crippen LogP contribution < -0.4 is 5.32 Å². The summed E-state index contributed by atoms with van der Waals surface area (Å²) in [6, 6.07) is 4.98. The van der Waals surface area contributed by atoms with Crippen LogP contribution in [0.15, 0.2) is 24.5 Å². The standard InChI is InChI=1S/C17H27N3O2/c1-14(15-3-2-5-18-11-15)19-12-17(16-4-8-22-13-16)20-6-9-21-10-7-20/h2-3,5,11,14,16-17,19H,4,6-10,12-13H2,1H3/t14-,16+,17-/m0/s1. The molecule has 1 aromatic rings. The van der Waals surface area contributed by atoms with Crippen molar-refractivity contribution in [1.29, 1.82) is 0 Å². The number of nitrogens with zero attached hydrogens (tertiary/aromatic N) is 2. The Balaban J connectivity index is 1.59. The summed E-state index contributed by atoms with van der Waals surface area (Å²) in [6.07, 6.45) is 4.94. The molecule has 5 nitrogen and oxygen atoms in total. The first-order chi connectivity index (χ1) is 10.8. The SMILES string of the molecule is C[C@H](NC[C@@H]([C@@H]1CCOC1)N1CCOCC1)c1cccnc1. The number of nitrogens with one attached hydrogen (secondary N) is 1. The van der Waals surface area contributed by atoms with Crippen LogP contribution in [0.2, 0.25) is 0 Å². The first kappa shape index (κ1) is 15.9. The summed E-state index contributed by atoms with van der Waals surface area (Å²) in [5, 5.41) is 3.70. The Morgan fingerprint density at radius 1 is 1.32 bits per heavy atom. The molecule has 1 N–H and O–H groups in total. The van der Waals surface area contributed by atoms with Gasteiger partial charge in [-0.3, -0.25) is 9.88 Å². The Hall–Kier alpha value is -1.01. The van der Waals surface area contributed by atoms with Crippen molar-refractivity contribution < 1.29 is 9.47 Å². The van der Waals surface area contributed by atoms with Crippen molar-refractivity contribution in [2.75, 3.05) is 46.1 Å². The average Bonchev–Trinajstić information content (AvgIpc) is 3.11. The third-order valence-corrected chi connectivity index (χ3v) is 4.84. The molecule has 2 aliphatic rings. The maximum absolute atomic E-state index is 5.62. The molecule has 0 unspecified atom stereocenters. The Morgan fingerprint density at radius 3 is 2.86 bits per heavy atom. The third-order valence-electron chi connectivity index (χ3n) is 4.84. The van der Waals surface area contributed by atoms with Crippen LogP contribution in [0.25, 0.3) is 0 Å². The molecule has 2 aliphatic heterocycles. The zero-order chi connectivity index (χ0) is 15.2. The van der Waals surface area contributed by atoms with E-state index in [0.717, 1.165) is 46.1 Å². The highest BCUT2D eigenvalue weighted by atomic mass is 16.5. The van der Waals surface area contributed by atoms with Gasteiger partial charge in [0.1, 0.15) is 0 Å². The van der Waals surface area contributed by atoms with E-state index in [4.69, 9.17) is 9.47 Å². The number of aromatic nitrogens is 1. The van der Waals surface area contributed by atoms with Crippen molar-refractivity contribution in [3.63, 3.8) is 0 Å². The molecule has 3 heterocycles. The Bertz CT molecular complexity index is 431. The monoisotopic (exact) mass is 305 g/mol. The molecule has 3 rings (SSSR count). The molecule has 22 heavy (non-hydrogen) atoms. The van der Waals surface area contributed by atoms with Gasteiger partial charge < -0.3 is 14.8 Å². The molecule has 3 atom stereocenters. The molecule has 0 amide bonds. The zero-order valence-electron chi connectivity index (χ0n) is 13.4. The van der Waals surface area contributed by atoms with Crippen LogP contribution in [0, 0.1) is 5.92 Å². The number of hydrogen-bond acceptors (Lipinski definition) is 5. The van der Waals surface area contributed by atoms with E-state index in [2.05, 4.69) is 28.2 Å². The van der Waals surface area contributed by atoms with Gasteiger partial charge in [0.15, 0.2) is 0 Å². The first-order valence-electron chi connectivity index (χ1n) is 8.37. The zero-order valence-corrected chi connectivity index (χ0v) is 13.4. The number of ether oxygens (including phenoxy) is 2. The maximum atomic E-state index is 5.62. The quantitative estimate of drug-likeness (QED) is 0.862. The Morgan fingerprint density at radius 2 is 2.18 bits per heavy atom. The minimum atomic E-state index is 0.319. The summed E-state index contributed by atoms with van der Waals surface area (Å²) in [7, 11) is 0. The molecule has 2 fully saturated rings. The van der Waals surface area contributed by atoms with Gasteiger partial charge in [-0.2, -0.15) is 0 Å². The lowest BCUT2D eigenvalue weighted by molar-refractivity contribution is 0.000911. The van der Waals surface area contributed by atoms with Crippen molar-refractivity contribution in [3.05, 3.63) is 30.1 Å². The third kappa shape index (κ3) is 4.04. The van der Waals surface area contributed by atoms with Crippen molar-refractivity contribution in [3.8, 4) is 0 Å². The van der Waals surface area contributed by atoms with Gasteiger partial charge in [0.05, 0.1) is 19.8 Å². The number of morpholine rings is 1. The van der Waals surface area contributed by atoms with Crippen molar-refractivity contribution in [2.24, 2.45) is 5.92 Å². The number of pyridine rings is 1. The fraction of sp³-hybridized carbons (Fsp3) is 0.706. The van der Waals surface area contributed by atoms with Gasteiger partial charge in [-0.25, -0.2) is 0 Å². The summed E-state index contributed by atoms with van der Waals surface area (Å²) in [5.41, 5.74) is 1.24. The number of rotatable bonds is 6. The van der Waals surface area contributed by atoms with Gasteiger partial charge >= 0.3 is 0 Å². The van der Waals surface area contributed by atoms with Gasteiger partial charge in [0.25, 0.3) is 0 Å². The van der Waals surface area contributed by atoms with Crippen molar-refractivity contribution >= 4 is 0 Å². The predicted octanol–water partition coefficient (Wildman–Crippen LogP) is 1.47. The van der Waals surface area contributed by atoms with Gasteiger partial charge in [-0.15, -0.1) is 0 Å². The molecule has 0 spiro atoms. The van der Waals surface area contributed by atoms with E-state index in [0.29, 0.717) is 18.0 Å². The Labute approximate surface area is 133 Å². The van der Waals surface area contributed by atoms with Crippen LogP contribution in [0.3, 0.4) is 0 Å². The highest BCUT2D eigenvalue weighted by molar-refractivity contribution is 5.12. The van der Waals surface area contributed by atoms with E-state index in [1.807, 2.05) is 18.5 Å². The molecule has 0 radical (unpaired) electrons. The van der Waals surface area contributed by atoms with Crippen molar-refractivity contribution in [1.82, 2.24) is 15.2 Å². The largest absolute Gasteiger partial charge is 0.381 e. The van der Waals surface area contributed by atoms with Crippen LogP contribution in [-0.2, 0) is 9.47 Å². The van der Waals surface area contributed by atoms with E-state index in [9.17, 15) is 0 Å². The van der Waals surface area contributed by atoms with Crippen LogP contribution >= 0.6 is 0 Å². The fourth-order valence-electron chi connectivity index (χ4n) is 3.41. The fourth-order valence-corrected chi connectivity index (χ4v) is 3.41. The predicted molar refractivity (Wildman–Crippen MR) is 85.8 cm³/mol. The van der Waals surface area contributed by atoms with E-state index >= 15 is 0 Å². The highest BCUT2D eigenvalue weighted by Crippen LogP contribution is 2.22. The summed E-state index contributed by atoms with van der Waals surface area (Å²) in [4.78, 5) is 6.79. The molecule has 2 saturated heterocycles. The summed E-state index contributed by atoms with van der Waals surface area (Å²) in [6.45, 7) is 8.76. The second kappa shape index (κ2) is 8.02. The number of hydrogen-bond donors (Lipinski definition) is 1. The molecule has 0 aromatic carbocycles.